The number of ether oxygens (including phenoxy) is 2. The summed E-state index contributed by atoms with van der Waals surface area (Å²) in [5.41, 5.74) is 7.76. The molecule has 0 unspecified atom stereocenters. The molecule has 3 rings (SSSR count). The van der Waals surface area contributed by atoms with Crippen molar-refractivity contribution in [2.24, 2.45) is 10.9 Å². The minimum Gasteiger partial charge on any atom is -0.491 e. The number of nitrogens with zero attached hydrogens (tertiary/aromatic N) is 1. The van der Waals surface area contributed by atoms with Crippen LogP contribution < -0.4 is 26.4 Å². The first-order valence-corrected chi connectivity index (χ1v) is 11.1. The third-order valence-corrected chi connectivity index (χ3v) is 5.58. The molecule has 2 amide bonds. The second kappa shape index (κ2) is 12.1. The molecule has 0 radical (unpaired) electrons. The first kappa shape index (κ1) is 24.3. The molecule has 0 aliphatic heterocycles. The summed E-state index contributed by atoms with van der Waals surface area (Å²) in [6, 6.07) is 9.65. The van der Waals surface area contributed by atoms with E-state index in [-0.39, 0.29) is 23.1 Å². The van der Waals surface area contributed by atoms with E-state index >= 15 is 0 Å². The van der Waals surface area contributed by atoms with Crippen LogP contribution in [0.2, 0.25) is 0 Å². The number of amidine groups is 1. The van der Waals surface area contributed by atoms with E-state index in [1.165, 1.54) is 25.3 Å². The average molecular weight is 458 g/mol. The molecule has 0 saturated heterocycles. The molecule has 1 fully saturated rings. The highest BCUT2D eigenvalue weighted by molar-refractivity contribution is 6.11. The van der Waals surface area contributed by atoms with Crippen LogP contribution >= 0.6 is 0 Å². The average Bonchev–Trinajstić information content (AvgIpc) is 2.75. The van der Waals surface area contributed by atoms with E-state index in [1.807, 2.05) is 0 Å². The normalized spacial score (nSPS) is 13.8. The number of hydrogen-bond donors (Lipinski definition) is 4. The van der Waals surface area contributed by atoms with Crippen LogP contribution in [0.1, 0.15) is 31.2 Å². The van der Waals surface area contributed by atoms with Gasteiger partial charge < -0.3 is 31.2 Å². The zero-order valence-corrected chi connectivity index (χ0v) is 19.1. The maximum absolute atomic E-state index is 14.8. The van der Waals surface area contributed by atoms with Gasteiger partial charge in [-0.15, -0.1) is 0 Å². The fourth-order valence-electron chi connectivity index (χ4n) is 3.53. The van der Waals surface area contributed by atoms with Crippen LogP contribution in [-0.4, -0.2) is 45.8 Å². The van der Waals surface area contributed by atoms with Crippen LogP contribution in [0.5, 0.6) is 5.75 Å². The minimum absolute atomic E-state index is 0.157. The Kier molecular flexibility index (Phi) is 8.88. The van der Waals surface area contributed by atoms with Crippen LogP contribution in [0.15, 0.2) is 41.4 Å². The van der Waals surface area contributed by atoms with E-state index in [0.717, 1.165) is 12.3 Å². The molecular weight excluding hydrogens is 425 g/mol. The Morgan fingerprint density at radius 1 is 1.15 bits per heavy atom. The molecule has 0 atom stereocenters. The summed E-state index contributed by atoms with van der Waals surface area (Å²) in [6.45, 7) is 1.36. The van der Waals surface area contributed by atoms with E-state index in [4.69, 9.17) is 15.2 Å². The van der Waals surface area contributed by atoms with Gasteiger partial charge in [-0.1, -0.05) is 19.3 Å². The Bertz CT molecular complexity index is 938. The predicted octanol–water partition coefficient (Wildman–Crippen LogP) is 4.23. The summed E-state index contributed by atoms with van der Waals surface area (Å²) in [6.07, 6.45) is 4.86. The van der Waals surface area contributed by atoms with Crippen molar-refractivity contribution in [3.8, 4) is 5.75 Å². The molecule has 33 heavy (non-hydrogen) atoms. The first-order chi connectivity index (χ1) is 16.0. The Morgan fingerprint density at radius 3 is 2.42 bits per heavy atom. The van der Waals surface area contributed by atoms with Gasteiger partial charge in [-0.05, 0) is 36.6 Å². The van der Waals surface area contributed by atoms with Gasteiger partial charge in [0.2, 0.25) is 0 Å². The summed E-state index contributed by atoms with van der Waals surface area (Å²) in [7, 11) is 3.11. The highest BCUT2D eigenvalue weighted by atomic mass is 19.1. The van der Waals surface area contributed by atoms with Crippen molar-refractivity contribution in [3.05, 3.63) is 47.8 Å². The predicted molar refractivity (Wildman–Crippen MR) is 130 cm³/mol. The summed E-state index contributed by atoms with van der Waals surface area (Å²) < 4.78 is 25.1. The van der Waals surface area contributed by atoms with E-state index in [2.05, 4.69) is 20.9 Å². The van der Waals surface area contributed by atoms with Crippen LogP contribution in [0.3, 0.4) is 0 Å². The summed E-state index contributed by atoms with van der Waals surface area (Å²) in [5.74, 6) is 0.807. The molecule has 2 aromatic rings. The number of nitrogens with two attached hydrogens (primary N) is 1. The number of nitrogen functional groups attached to an aromatic ring is 1. The number of anilines is 3. The van der Waals surface area contributed by atoms with Crippen LogP contribution in [0, 0.1) is 11.7 Å². The monoisotopic (exact) mass is 457 g/mol. The van der Waals surface area contributed by atoms with Gasteiger partial charge in [0.05, 0.1) is 12.2 Å². The van der Waals surface area contributed by atoms with Crippen molar-refractivity contribution in [1.82, 2.24) is 5.32 Å². The number of carbonyl (C=O) groups excluding carboxylic acids is 1. The summed E-state index contributed by atoms with van der Waals surface area (Å²) >= 11 is 0. The van der Waals surface area contributed by atoms with Crippen molar-refractivity contribution in [3.63, 3.8) is 0 Å². The van der Waals surface area contributed by atoms with Gasteiger partial charge >= 0.3 is 6.03 Å². The van der Waals surface area contributed by atoms with Crippen molar-refractivity contribution in [1.29, 1.82) is 0 Å². The number of amides is 2. The fraction of sp³-hybridized carbons (Fsp3) is 0.417. The lowest BCUT2D eigenvalue weighted by atomic mass is 9.83. The quantitative estimate of drug-likeness (QED) is 0.185. The Labute approximate surface area is 193 Å². The van der Waals surface area contributed by atoms with Gasteiger partial charge in [-0.25, -0.2) is 9.18 Å². The molecule has 0 spiro atoms. The van der Waals surface area contributed by atoms with Crippen molar-refractivity contribution < 1.29 is 18.7 Å². The molecule has 0 heterocycles. The van der Waals surface area contributed by atoms with Crippen molar-refractivity contribution in [2.75, 3.05) is 50.3 Å². The molecule has 1 aliphatic carbocycles. The lowest BCUT2D eigenvalue weighted by Crippen LogP contribution is -2.31. The van der Waals surface area contributed by atoms with Gasteiger partial charge in [0.1, 0.15) is 24.0 Å². The summed E-state index contributed by atoms with van der Waals surface area (Å²) in [5, 5.41) is 8.77. The standard InChI is InChI=1S/C24H32FN5O3/c1-27-23(22-20(25)14-19(15-21(22)26)33-13-12-32-2)29-17-6-8-18(9-7-17)30-24(31)28-11-10-16-4-3-5-16/h6-9,14-16H,3-5,10-13,26H2,1-2H3,(H,27,29)(H2,28,30,31). The van der Waals surface area contributed by atoms with Crippen LogP contribution in [0.4, 0.5) is 26.2 Å². The van der Waals surface area contributed by atoms with E-state index in [0.29, 0.717) is 36.9 Å². The first-order valence-electron chi connectivity index (χ1n) is 11.1. The molecule has 2 aromatic carbocycles. The number of hydrogen-bond acceptors (Lipinski definition) is 5. The zero-order valence-electron chi connectivity index (χ0n) is 19.1. The van der Waals surface area contributed by atoms with Gasteiger partial charge in [-0.3, -0.25) is 4.99 Å². The SMILES string of the molecule is CN=C(Nc1ccc(NC(=O)NCCC2CCC2)cc1)c1c(N)cc(OCCOC)cc1F. The maximum atomic E-state index is 14.8. The highest BCUT2D eigenvalue weighted by Crippen LogP contribution is 2.29. The van der Waals surface area contributed by atoms with E-state index < -0.39 is 5.82 Å². The van der Waals surface area contributed by atoms with E-state index in [9.17, 15) is 9.18 Å². The topological polar surface area (TPSA) is 110 Å². The Morgan fingerprint density at radius 2 is 1.85 bits per heavy atom. The van der Waals surface area contributed by atoms with Crippen LogP contribution in [-0.2, 0) is 4.74 Å². The third kappa shape index (κ3) is 7.08. The molecule has 9 heteroatoms. The Balaban J connectivity index is 1.57. The van der Waals surface area contributed by atoms with Gasteiger partial charge in [0.25, 0.3) is 0 Å². The molecular formula is C24H32FN5O3. The molecule has 0 aromatic heterocycles. The number of benzene rings is 2. The molecule has 8 nitrogen and oxygen atoms in total. The molecule has 1 saturated carbocycles. The lowest BCUT2D eigenvalue weighted by molar-refractivity contribution is 0.146. The number of methoxy groups -OCH3 is 1. The van der Waals surface area contributed by atoms with Crippen molar-refractivity contribution in [2.45, 2.75) is 25.7 Å². The third-order valence-electron chi connectivity index (χ3n) is 5.58. The van der Waals surface area contributed by atoms with Gasteiger partial charge in [-0.2, -0.15) is 0 Å². The number of aliphatic imine (C=N–C) groups is 1. The Hall–Kier alpha value is -3.33. The van der Waals surface area contributed by atoms with Crippen LogP contribution in [0.25, 0.3) is 0 Å². The number of carbonyl (C=O) groups is 1. The smallest absolute Gasteiger partial charge is 0.319 e. The number of halogens is 1. The number of nitrogens with one attached hydrogen (secondary N) is 3. The second-order valence-electron chi connectivity index (χ2n) is 7.95. The highest BCUT2D eigenvalue weighted by Gasteiger charge is 2.17. The fourth-order valence-corrected chi connectivity index (χ4v) is 3.53. The van der Waals surface area contributed by atoms with Gasteiger partial charge in [0, 0.05) is 49.9 Å². The van der Waals surface area contributed by atoms with Crippen molar-refractivity contribution >= 4 is 28.9 Å². The second-order valence-corrected chi connectivity index (χ2v) is 7.95. The number of urea groups is 1. The summed E-state index contributed by atoms with van der Waals surface area (Å²) in [4.78, 5) is 16.2. The van der Waals surface area contributed by atoms with Gasteiger partial charge in [0.15, 0.2) is 0 Å². The number of rotatable bonds is 10. The minimum atomic E-state index is -0.549. The maximum Gasteiger partial charge on any atom is 0.319 e. The molecule has 5 N–H and O–H groups in total. The zero-order chi connectivity index (χ0) is 23.6. The molecule has 0 bridgehead atoms. The lowest BCUT2D eigenvalue weighted by Gasteiger charge is -2.25. The molecule has 178 valence electrons. The molecule has 1 aliphatic rings. The van der Waals surface area contributed by atoms with E-state index in [1.54, 1.807) is 44.5 Å². The largest absolute Gasteiger partial charge is 0.491 e.